The predicted molar refractivity (Wildman–Crippen MR) is 72.2 cm³/mol. The Morgan fingerprint density at radius 2 is 1.94 bits per heavy atom. The first-order valence-corrected chi connectivity index (χ1v) is 6.23. The highest BCUT2D eigenvalue weighted by molar-refractivity contribution is 5.87. The average molecular weight is 229 g/mol. The minimum atomic E-state index is 0.382. The molecule has 0 atom stereocenters. The van der Waals surface area contributed by atoms with Gasteiger partial charge in [0.25, 0.3) is 0 Å². The lowest BCUT2D eigenvalue weighted by Crippen LogP contribution is -2.14. The summed E-state index contributed by atoms with van der Waals surface area (Å²) in [5, 5.41) is 15.6. The Hall–Kier alpha value is -1.54. The van der Waals surface area contributed by atoms with E-state index in [4.69, 9.17) is 0 Å². The Bertz CT molecular complexity index is 493. The minimum absolute atomic E-state index is 0.382. The minimum Gasteiger partial charge on any atom is -0.508 e. The van der Waals surface area contributed by atoms with Gasteiger partial charge in [0.2, 0.25) is 0 Å². The zero-order valence-corrected chi connectivity index (χ0v) is 10.2. The Kier molecular flexibility index (Phi) is 3.99. The van der Waals surface area contributed by atoms with Crippen molar-refractivity contribution in [2.75, 3.05) is 6.54 Å². The molecule has 0 heterocycles. The van der Waals surface area contributed by atoms with Gasteiger partial charge in [-0.15, -0.1) is 0 Å². The summed E-state index contributed by atoms with van der Waals surface area (Å²) in [6, 6.07) is 11.9. The second-order valence-corrected chi connectivity index (χ2v) is 4.31. The van der Waals surface area contributed by atoms with Gasteiger partial charge in [0.1, 0.15) is 5.75 Å². The maximum Gasteiger partial charge on any atom is 0.120 e. The van der Waals surface area contributed by atoms with Gasteiger partial charge in [-0.25, -0.2) is 0 Å². The van der Waals surface area contributed by atoms with E-state index in [0.29, 0.717) is 5.75 Å². The molecule has 2 rings (SSSR count). The van der Waals surface area contributed by atoms with Crippen molar-refractivity contribution in [3.05, 3.63) is 42.0 Å². The summed E-state index contributed by atoms with van der Waals surface area (Å²) in [4.78, 5) is 0. The quantitative estimate of drug-likeness (QED) is 0.770. The number of rotatable bonds is 5. The first-order chi connectivity index (χ1) is 8.33. The number of unbranched alkanes of at least 4 members (excludes halogenated alkanes) is 1. The van der Waals surface area contributed by atoms with Crippen LogP contribution >= 0.6 is 0 Å². The molecule has 90 valence electrons. The van der Waals surface area contributed by atoms with E-state index in [2.05, 4.69) is 24.4 Å². The van der Waals surface area contributed by atoms with E-state index in [1.165, 1.54) is 18.2 Å². The molecule has 2 aromatic carbocycles. The third kappa shape index (κ3) is 2.77. The number of fused-ring (bicyclic) bond motifs is 1. The smallest absolute Gasteiger partial charge is 0.120 e. The molecule has 17 heavy (non-hydrogen) atoms. The van der Waals surface area contributed by atoms with Gasteiger partial charge >= 0.3 is 0 Å². The van der Waals surface area contributed by atoms with Crippen LogP contribution in [0.3, 0.4) is 0 Å². The van der Waals surface area contributed by atoms with Gasteiger partial charge in [-0.1, -0.05) is 43.7 Å². The normalized spacial score (nSPS) is 10.9. The third-order valence-corrected chi connectivity index (χ3v) is 3.02. The fourth-order valence-electron chi connectivity index (χ4n) is 2.03. The van der Waals surface area contributed by atoms with Crippen LogP contribution < -0.4 is 5.32 Å². The summed E-state index contributed by atoms with van der Waals surface area (Å²) in [5.74, 6) is 0.382. The fraction of sp³-hybridized carbons (Fsp3) is 0.333. The average Bonchev–Trinajstić information content (AvgIpc) is 2.37. The van der Waals surface area contributed by atoms with Crippen molar-refractivity contribution in [2.24, 2.45) is 0 Å². The van der Waals surface area contributed by atoms with Crippen molar-refractivity contribution >= 4 is 10.8 Å². The number of hydrogen-bond acceptors (Lipinski definition) is 2. The molecule has 0 amide bonds. The van der Waals surface area contributed by atoms with E-state index >= 15 is 0 Å². The van der Waals surface area contributed by atoms with Gasteiger partial charge in [0.05, 0.1) is 0 Å². The van der Waals surface area contributed by atoms with Crippen LogP contribution in [0.25, 0.3) is 10.8 Å². The number of nitrogens with one attached hydrogen (secondary N) is 1. The Labute approximate surface area is 102 Å². The van der Waals surface area contributed by atoms with E-state index in [0.717, 1.165) is 24.0 Å². The fourth-order valence-corrected chi connectivity index (χ4v) is 2.03. The molecular formula is C15H19NO. The first-order valence-electron chi connectivity index (χ1n) is 6.23. The Balaban J connectivity index is 2.22. The molecule has 0 saturated carbocycles. The van der Waals surface area contributed by atoms with E-state index in [9.17, 15) is 5.11 Å². The first kappa shape index (κ1) is 11.9. The highest BCUT2D eigenvalue weighted by atomic mass is 16.3. The molecule has 0 aromatic heterocycles. The number of phenolic OH excluding ortho intramolecular Hbond substituents is 1. The summed E-state index contributed by atoms with van der Waals surface area (Å²) in [6.07, 6.45) is 2.36. The van der Waals surface area contributed by atoms with E-state index in [1.54, 1.807) is 6.07 Å². The lowest BCUT2D eigenvalue weighted by Gasteiger charge is -2.10. The van der Waals surface area contributed by atoms with Crippen molar-refractivity contribution < 1.29 is 5.11 Å². The zero-order valence-electron chi connectivity index (χ0n) is 10.2. The molecule has 0 aliphatic rings. The highest BCUT2D eigenvalue weighted by Crippen LogP contribution is 2.26. The van der Waals surface area contributed by atoms with Crippen molar-refractivity contribution in [1.82, 2.24) is 5.32 Å². The van der Waals surface area contributed by atoms with Crippen LogP contribution in [-0.2, 0) is 6.54 Å². The number of benzene rings is 2. The van der Waals surface area contributed by atoms with Gasteiger partial charge in [0.15, 0.2) is 0 Å². The summed E-state index contributed by atoms with van der Waals surface area (Å²) in [5.41, 5.74) is 0.999. The third-order valence-electron chi connectivity index (χ3n) is 3.02. The second-order valence-electron chi connectivity index (χ2n) is 4.31. The van der Waals surface area contributed by atoms with Crippen LogP contribution in [0.4, 0.5) is 0 Å². The Morgan fingerprint density at radius 3 is 2.76 bits per heavy atom. The maximum absolute atomic E-state index is 9.93. The summed E-state index contributed by atoms with van der Waals surface area (Å²) >= 11 is 0. The van der Waals surface area contributed by atoms with Crippen molar-refractivity contribution in [3.63, 3.8) is 0 Å². The molecule has 0 radical (unpaired) electrons. The van der Waals surface area contributed by atoms with Crippen LogP contribution in [-0.4, -0.2) is 11.7 Å². The molecule has 0 aliphatic carbocycles. The predicted octanol–water partition coefficient (Wildman–Crippen LogP) is 3.44. The van der Waals surface area contributed by atoms with Gasteiger partial charge in [-0.3, -0.25) is 0 Å². The van der Waals surface area contributed by atoms with Crippen LogP contribution in [0, 0.1) is 0 Å². The molecule has 2 aromatic rings. The second kappa shape index (κ2) is 5.69. The molecule has 0 fully saturated rings. The number of aromatic hydroxyl groups is 1. The SMILES string of the molecule is CCCCNCc1c(O)ccc2ccccc12. The summed E-state index contributed by atoms with van der Waals surface area (Å²) in [6.45, 7) is 3.91. The van der Waals surface area contributed by atoms with Gasteiger partial charge in [0, 0.05) is 12.1 Å². The lowest BCUT2D eigenvalue weighted by atomic mass is 10.0. The van der Waals surface area contributed by atoms with Gasteiger partial charge in [-0.2, -0.15) is 0 Å². The molecule has 2 heteroatoms. The molecule has 0 saturated heterocycles. The van der Waals surface area contributed by atoms with Crippen molar-refractivity contribution in [1.29, 1.82) is 0 Å². The van der Waals surface area contributed by atoms with E-state index in [-0.39, 0.29) is 0 Å². The van der Waals surface area contributed by atoms with Crippen LogP contribution in [0.1, 0.15) is 25.3 Å². The molecule has 2 N–H and O–H groups in total. The highest BCUT2D eigenvalue weighted by Gasteiger charge is 2.05. The standard InChI is InChI=1S/C15H19NO/c1-2-3-10-16-11-14-13-7-5-4-6-12(13)8-9-15(14)17/h4-9,16-17H,2-3,10-11H2,1H3. The Morgan fingerprint density at radius 1 is 1.12 bits per heavy atom. The van der Waals surface area contributed by atoms with Gasteiger partial charge in [-0.05, 0) is 29.8 Å². The molecule has 0 aliphatic heterocycles. The van der Waals surface area contributed by atoms with E-state index < -0.39 is 0 Å². The number of hydrogen-bond donors (Lipinski definition) is 2. The largest absolute Gasteiger partial charge is 0.508 e. The van der Waals surface area contributed by atoms with Crippen molar-refractivity contribution in [3.8, 4) is 5.75 Å². The number of phenols is 1. The molecule has 0 spiro atoms. The molecule has 2 nitrogen and oxygen atoms in total. The molecule has 0 unspecified atom stereocenters. The zero-order chi connectivity index (χ0) is 12.1. The lowest BCUT2D eigenvalue weighted by molar-refractivity contribution is 0.465. The van der Waals surface area contributed by atoms with Crippen LogP contribution in [0.5, 0.6) is 5.75 Å². The van der Waals surface area contributed by atoms with Crippen LogP contribution in [0.2, 0.25) is 0 Å². The monoisotopic (exact) mass is 229 g/mol. The maximum atomic E-state index is 9.93. The van der Waals surface area contributed by atoms with Crippen molar-refractivity contribution in [2.45, 2.75) is 26.3 Å². The summed E-state index contributed by atoms with van der Waals surface area (Å²) in [7, 11) is 0. The topological polar surface area (TPSA) is 32.3 Å². The molecular weight excluding hydrogens is 210 g/mol. The molecule has 0 bridgehead atoms. The van der Waals surface area contributed by atoms with E-state index in [1.807, 2.05) is 18.2 Å². The van der Waals surface area contributed by atoms with Crippen LogP contribution in [0.15, 0.2) is 36.4 Å². The van der Waals surface area contributed by atoms with Gasteiger partial charge < -0.3 is 10.4 Å². The summed E-state index contributed by atoms with van der Waals surface area (Å²) < 4.78 is 0.